The van der Waals surface area contributed by atoms with Crippen molar-refractivity contribution in [3.05, 3.63) is 65.7 Å². The topological polar surface area (TPSA) is 62.2 Å². The molecular weight excluding hydrogens is 378 g/mol. The fourth-order valence-electron chi connectivity index (χ4n) is 4.12. The maximum absolute atomic E-state index is 11.0. The summed E-state index contributed by atoms with van der Waals surface area (Å²) in [7, 11) is 1.62. The van der Waals surface area contributed by atoms with Crippen molar-refractivity contribution >= 4 is 10.8 Å². The monoisotopic (exact) mass is 407 g/mol. The van der Waals surface area contributed by atoms with E-state index in [1.165, 1.54) is 19.3 Å². The molecule has 0 spiro atoms. The first-order valence-electron chi connectivity index (χ1n) is 10.6. The first-order chi connectivity index (χ1) is 14.7. The third-order valence-electron chi connectivity index (χ3n) is 5.84. The molecule has 0 saturated carbocycles. The number of hydrogen-bond acceptors (Lipinski definition) is 5. The summed E-state index contributed by atoms with van der Waals surface area (Å²) in [6.07, 6.45) is 2.95. The Bertz CT molecular complexity index is 980. The van der Waals surface area contributed by atoms with Crippen LogP contribution in [0.4, 0.5) is 0 Å². The molecule has 5 heteroatoms. The molecule has 0 radical (unpaired) electrons. The summed E-state index contributed by atoms with van der Waals surface area (Å²) in [5, 5.41) is 23.1. The highest BCUT2D eigenvalue weighted by Gasteiger charge is 2.18. The molecule has 0 bridgehead atoms. The smallest absolute Gasteiger partial charge is 0.122 e. The highest BCUT2D eigenvalue weighted by atomic mass is 16.5. The van der Waals surface area contributed by atoms with Crippen LogP contribution in [0.15, 0.2) is 54.6 Å². The van der Waals surface area contributed by atoms with Gasteiger partial charge in [0, 0.05) is 12.1 Å². The second-order valence-corrected chi connectivity index (χ2v) is 7.81. The van der Waals surface area contributed by atoms with Crippen molar-refractivity contribution in [1.82, 2.24) is 4.90 Å². The average molecular weight is 408 g/mol. The van der Waals surface area contributed by atoms with E-state index >= 15 is 0 Å². The molecule has 1 heterocycles. The van der Waals surface area contributed by atoms with Crippen LogP contribution < -0.4 is 9.47 Å². The number of nitrogens with zero attached hydrogens (tertiary/aromatic N) is 1. The molecule has 30 heavy (non-hydrogen) atoms. The van der Waals surface area contributed by atoms with Crippen LogP contribution in [0.2, 0.25) is 0 Å². The molecule has 0 amide bonds. The van der Waals surface area contributed by atoms with Gasteiger partial charge in [0.25, 0.3) is 0 Å². The van der Waals surface area contributed by atoms with Crippen molar-refractivity contribution in [1.29, 1.82) is 0 Å². The van der Waals surface area contributed by atoms with Crippen molar-refractivity contribution < 1.29 is 19.7 Å². The summed E-state index contributed by atoms with van der Waals surface area (Å²) < 4.78 is 11.2. The number of aromatic hydroxyl groups is 1. The number of piperidine rings is 1. The first-order valence-corrected chi connectivity index (χ1v) is 10.6. The van der Waals surface area contributed by atoms with Gasteiger partial charge in [-0.1, -0.05) is 30.7 Å². The van der Waals surface area contributed by atoms with Gasteiger partial charge in [0.2, 0.25) is 0 Å². The minimum Gasteiger partial charge on any atom is -0.508 e. The molecule has 0 aliphatic carbocycles. The van der Waals surface area contributed by atoms with Gasteiger partial charge in [-0.25, -0.2) is 0 Å². The first kappa shape index (κ1) is 20.5. The molecule has 1 unspecified atom stereocenters. The summed E-state index contributed by atoms with van der Waals surface area (Å²) >= 11 is 0. The highest BCUT2D eigenvalue weighted by molar-refractivity contribution is 5.89. The summed E-state index contributed by atoms with van der Waals surface area (Å²) in [4.78, 5) is 2.44. The normalized spacial score (nSPS) is 15.8. The Morgan fingerprint density at radius 1 is 0.933 bits per heavy atom. The third-order valence-corrected chi connectivity index (χ3v) is 5.84. The van der Waals surface area contributed by atoms with Crippen molar-refractivity contribution in [3.63, 3.8) is 0 Å². The molecule has 158 valence electrons. The summed E-state index contributed by atoms with van der Waals surface area (Å²) in [6.45, 7) is 3.93. The van der Waals surface area contributed by atoms with Crippen LogP contribution >= 0.6 is 0 Å². The lowest BCUT2D eigenvalue weighted by Crippen LogP contribution is -2.33. The largest absolute Gasteiger partial charge is 0.508 e. The van der Waals surface area contributed by atoms with Gasteiger partial charge in [0.05, 0.1) is 7.11 Å². The highest BCUT2D eigenvalue weighted by Crippen LogP contribution is 2.37. The van der Waals surface area contributed by atoms with Crippen LogP contribution in [0.5, 0.6) is 17.2 Å². The number of ether oxygens (including phenoxy) is 2. The zero-order chi connectivity index (χ0) is 20.9. The number of hydrogen-bond donors (Lipinski definition) is 2. The number of aliphatic hydroxyl groups excluding tert-OH is 1. The van der Waals surface area contributed by atoms with Crippen LogP contribution in [0, 0.1) is 0 Å². The molecule has 1 aliphatic rings. The maximum Gasteiger partial charge on any atom is 0.122 e. The van der Waals surface area contributed by atoms with Gasteiger partial charge in [-0.15, -0.1) is 0 Å². The third kappa shape index (κ3) is 4.53. The number of benzene rings is 3. The SMILES string of the molecule is COc1ccc2c(C(O)c3ccc(OCCN4CCCCC4)cc3)c(O)ccc2c1. The Balaban J connectivity index is 1.47. The van der Waals surface area contributed by atoms with E-state index in [2.05, 4.69) is 4.90 Å². The Hall–Kier alpha value is -2.76. The van der Waals surface area contributed by atoms with Gasteiger partial charge in [-0.05, 0) is 72.6 Å². The van der Waals surface area contributed by atoms with Gasteiger partial charge in [-0.3, -0.25) is 4.90 Å². The number of fused-ring (bicyclic) bond motifs is 1. The molecule has 3 aromatic rings. The van der Waals surface area contributed by atoms with Crippen LogP contribution in [-0.2, 0) is 0 Å². The minimum absolute atomic E-state index is 0.0713. The van der Waals surface area contributed by atoms with Crippen molar-refractivity contribution in [2.45, 2.75) is 25.4 Å². The van der Waals surface area contributed by atoms with Gasteiger partial charge >= 0.3 is 0 Å². The second-order valence-electron chi connectivity index (χ2n) is 7.81. The van der Waals surface area contributed by atoms with Crippen LogP contribution in [-0.4, -0.2) is 48.5 Å². The number of likely N-dealkylation sites (tertiary alicyclic amines) is 1. The number of aliphatic hydroxyl groups is 1. The molecule has 1 fully saturated rings. The molecule has 1 atom stereocenters. The van der Waals surface area contributed by atoms with Crippen molar-refractivity contribution in [3.8, 4) is 17.2 Å². The molecule has 5 nitrogen and oxygen atoms in total. The van der Waals surface area contributed by atoms with Gasteiger partial charge < -0.3 is 19.7 Å². The fourth-order valence-corrected chi connectivity index (χ4v) is 4.12. The predicted octanol–water partition coefficient (Wildman–Crippen LogP) is 4.50. The standard InChI is InChI=1S/C25H29NO4/c1-29-21-10-11-22-19(17-21)7-12-23(27)24(22)25(28)18-5-8-20(9-6-18)30-16-15-26-13-3-2-4-14-26/h5-12,17,25,27-28H,2-4,13-16H2,1H3. The van der Waals surface area contributed by atoms with Crippen LogP contribution in [0.3, 0.4) is 0 Å². The average Bonchev–Trinajstić information content (AvgIpc) is 2.79. The lowest BCUT2D eigenvalue weighted by atomic mass is 9.94. The molecule has 4 rings (SSSR count). The molecule has 2 N–H and O–H groups in total. The van der Waals surface area contributed by atoms with E-state index < -0.39 is 6.10 Å². The second kappa shape index (κ2) is 9.37. The minimum atomic E-state index is -0.940. The number of rotatable bonds is 7. The Labute approximate surface area is 177 Å². The number of phenolic OH excluding ortho intramolecular Hbond substituents is 1. The summed E-state index contributed by atoms with van der Waals surface area (Å²) in [6, 6.07) is 16.5. The van der Waals surface area contributed by atoms with E-state index in [0.717, 1.165) is 41.9 Å². The van der Waals surface area contributed by atoms with Gasteiger partial charge in [0.15, 0.2) is 0 Å². The number of phenols is 1. The zero-order valence-corrected chi connectivity index (χ0v) is 17.4. The Morgan fingerprint density at radius 3 is 2.40 bits per heavy atom. The van der Waals surface area contributed by atoms with Gasteiger partial charge in [-0.2, -0.15) is 0 Å². The van der Waals surface area contributed by atoms with E-state index in [1.807, 2.05) is 48.5 Å². The van der Waals surface area contributed by atoms with E-state index in [-0.39, 0.29) is 5.75 Å². The molecule has 1 saturated heterocycles. The Kier molecular flexibility index (Phi) is 6.41. The van der Waals surface area contributed by atoms with E-state index in [9.17, 15) is 10.2 Å². The quantitative estimate of drug-likeness (QED) is 0.604. The lowest BCUT2D eigenvalue weighted by Gasteiger charge is -2.26. The predicted molar refractivity (Wildman–Crippen MR) is 118 cm³/mol. The maximum atomic E-state index is 11.0. The molecule has 3 aromatic carbocycles. The fraction of sp³-hybridized carbons (Fsp3) is 0.360. The van der Waals surface area contributed by atoms with Crippen LogP contribution in [0.25, 0.3) is 10.8 Å². The van der Waals surface area contributed by atoms with Crippen LogP contribution in [0.1, 0.15) is 36.5 Å². The zero-order valence-electron chi connectivity index (χ0n) is 17.4. The molecule has 1 aliphatic heterocycles. The lowest BCUT2D eigenvalue weighted by molar-refractivity contribution is 0.183. The molecule has 0 aromatic heterocycles. The van der Waals surface area contributed by atoms with Gasteiger partial charge in [0.1, 0.15) is 30.0 Å². The van der Waals surface area contributed by atoms with E-state index in [4.69, 9.17) is 9.47 Å². The van der Waals surface area contributed by atoms with Crippen molar-refractivity contribution in [2.75, 3.05) is 33.4 Å². The van der Waals surface area contributed by atoms with E-state index in [0.29, 0.717) is 17.7 Å². The van der Waals surface area contributed by atoms with Crippen molar-refractivity contribution in [2.24, 2.45) is 0 Å². The van der Waals surface area contributed by atoms with E-state index in [1.54, 1.807) is 13.2 Å². The summed E-state index contributed by atoms with van der Waals surface area (Å²) in [5.74, 6) is 1.59. The Morgan fingerprint density at radius 2 is 1.67 bits per heavy atom. The number of methoxy groups -OCH3 is 1. The molecular formula is C25H29NO4. The summed E-state index contributed by atoms with van der Waals surface area (Å²) in [5.41, 5.74) is 1.20.